The van der Waals surface area contributed by atoms with Gasteiger partial charge in [0.1, 0.15) is 0 Å². The minimum absolute atomic E-state index is 0.751. The summed E-state index contributed by atoms with van der Waals surface area (Å²) >= 11 is 0. The molecule has 1 heterocycles. The van der Waals surface area contributed by atoms with Crippen LogP contribution in [-0.4, -0.2) is 24.6 Å². The van der Waals surface area contributed by atoms with Gasteiger partial charge in [-0.3, -0.25) is 4.98 Å². The van der Waals surface area contributed by atoms with E-state index in [1.807, 2.05) is 12.4 Å². The summed E-state index contributed by atoms with van der Waals surface area (Å²) in [6, 6.07) is 2.06. The minimum atomic E-state index is 0.751. The third-order valence-corrected chi connectivity index (χ3v) is 2.35. The van der Waals surface area contributed by atoms with Crippen molar-refractivity contribution in [3.05, 3.63) is 24.0 Å². The van der Waals surface area contributed by atoms with Crippen LogP contribution in [0.4, 0.5) is 5.69 Å². The van der Waals surface area contributed by atoms with Crippen LogP contribution in [0.15, 0.2) is 18.5 Å². The van der Waals surface area contributed by atoms with E-state index < -0.39 is 0 Å². The van der Waals surface area contributed by atoms with Crippen LogP contribution in [0.2, 0.25) is 0 Å². The van der Waals surface area contributed by atoms with Crippen molar-refractivity contribution in [3.8, 4) is 0 Å². The zero-order valence-corrected chi connectivity index (χ0v) is 9.03. The number of rotatable bonds is 5. The molecule has 0 spiro atoms. The fraction of sp³-hybridized carbons (Fsp3) is 0.545. The summed E-state index contributed by atoms with van der Waals surface area (Å²) < 4.78 is 0. The fourth-order valence-electron chi connectivity index (χ4n) is 1.55. The molecule has 0 amide bonds. The van der Waals surface area contributed by atoms with E-state index in [1.54, 1.807) is 0 Å². The quantitative estimate of drug-likeness (QED) is 0.771. The summed E-state index contributed by atoms with van der Waals surface area (Å²) in [5.74, 6) is 0. The summed E-state index contributed by atoms with van der Waals surface area (Å²) in [5.41, 5.74) is 8.01. The third-order valence-electron chi connectivity index (χ3n) is 2.35. The molecule has 0 fully saturated rings. The molecule has 14 heavy (non-hydrogen) atoms. The van der Waals surface area contributed by atoms with Crippen molar-refractivity contribution in [2.45, 2.75) is 20.3 Å². The van der Waals surface area contributed by atoms with Crippen LogP contribution in [-0.2, 0) is 0 Å². The zero-order valence-electron chi connectivity index (χ0n) is 9.03. The maximum Gasteiger partial charge on any atom is 0.0426 e. The Morgan fingerprint density at radius 1 is 1.50 bits per heavy atom. The predicted molar refractivity (Wildman–Crippen MR) is 60.5 cm³/mol. The van der Waals surface area contributed by atoms with Gasteiger partial charge in [0, 0.05) is 31.2 Å². The predicted octanol–water partition coefficient (Wildman–Crippen LogP) is 1.57. The average Bonchev–Trinajstić information content (AvgIpc) is 2.21. The van der Waals surface area contributed by atoms with Crippen LogP contribution >= 0.6 is 0 Å². The maximum absolute atomic E-state index is 5.51. The molecule has 0 saturated heterocycles. The van der Waals surface area contributed by atoms with Crippen molar-refractivity contribution in [2.24, 2.45) is 5.73 Å². The van der Waals surface area contributed by atoms with Gasteiger partial charge in [0.25, 0.3) is 0 Å². The second kappa shape index (κ2) is 5.60. The summed E-state index contributed by atoms with van der Waals surface area (Å²) in [6.45, 7) is 7.05. The highest BCUT2D eigenvalue weighted by Gasteiger charge is 2.05. The van der Waals surface area contributed by atoms with Crippen molar-refractivity contribution in [3.63, 3.8) is 0 Å². The molecule has 1 rings (SSSR count). The lowest BCUT2D eigenvalue weighted by Crippen LogP contribution is -2.26. The van der Waals surface area contributed by atoms with E-state index in [-0.39, 0.29) is 0 Å². The molecule has 1 aromatic heterocycles. The van der Waals surface area contributed by atoms with Gasteiger partial charge in [-0.25, -0.2) is 0 Å². The first kappa shape index (κ1) is 11.0. The lowest BCUT2D eigenvalue weighted by atomic mass is 10.2. The molecule has 0 aromatic carbocycles. The molecule has 0 bridgehead atoms. The number of hydrogen-bond acceptors (Lipinski definition) is 3. The average molecular weight is 193 g/mol. The molecule has 0 aliphatic rings. The van der Waals surface area contributed by atoms with Crippen molar-refractivity contribution < 1.29 is 0 Å². The normalized spacial score (nSPS) is 10.2. The van der Waals surface area contributed by atoms with E-state index in [2.05, 4.69) is 29.8 Å². The smallest absolute Gasteiger partial charge is 0.0426 e. The van der Waals surface area contributed by atoms with E-state index in [0.717, 1.165) is 26.1 Å². The molecule has 0 aliphatic heterocycles. The van der Waals surface area contributed by atoms with E-state index >= 15 is 0 Å². The molecule has 3 nitrogen and oxygen atoms in total. The molecule has 78 valence electrons. The number of pyridine rings is 1. The van der Waals surface area contributed by atoms with Crippen LogP contribution < -0.4 is 10.6 Å². The SMILES string of the molecule is CCN(CCCN)c1ccncc1C. The summed E-state index contributed by atoms with van der Waals surface area (Å²) in [7, 11) is 0. The summed E-state index contributed by atoms with van der Waals surface area (Å²) in [6.07, 6.45) is 4.78. The maximum atomic E-state index is 5.51. The number of nitrogens with zero attached hydrogens (tertiary/aromatic N) is 2. The van der Waals surface area contributed by atoms with Crippen molar-refractivity contribution in [1.29, 1.82) is 0 Å². The highest BCUT2D eigenvalue weighted by Crippen LogP contribution is 2.17. The first-order valence-corrected chi connectivity index (χ1v) is 5.15. The second-order valence-corrected chi connectivity index (χ2v) is 3.38. The Labute approximate surface area is 85.9 Å². The zero-order chi connectivity index (χ0) is 10.4. The Bertz CT molecular complexity index is 273. The van der Waals surface area contributed by atoms with E-state index in [4.69, 9.17) is 5.73 Å². The highest BCUT2D eigenvalue weighted by molar-refractivity contribution is 5.51. The Morgan fingerprint density at radius 2 is 2.29 bits per heavy atom. The topological polar surface area (TPSA) is 42.1 Å². The van der Waals surface area contributed by atoms with Crippen molar-refractivity contribution >= 4 is 5.69 Å². The second-order valence-electron chi connectivity index (χ2n) is 3.38. The van der Waals surface area contributed by atoms with Crippen LogP contribution in [0.25, 0.3) is 0 Å². The molecule has 0 unspecified atom stereocenters. The molecule has 2 N–H and O–H groups in total. The number of hydrogen-bond donors (Lipinski definition) is 1. The Morgan fingerprint density at radius 3 is 2.86 bits per heavy atom. The standard InChI is InChI=1S/C11H19N3/c1-3-14(8-4-6-12)11-5-7-13-9-10(11)2/h5,7,9H,3-4,6,8,12H2,1-2H3. The molecule has 0 radical (unpaired) electrons. The summed E-state index contributed by atoms with van der Waals surface area (Å²) in [4.78, 5) is 6.43. The van der Waals surface area contributed by atoms with Gasteiger partial charge in [-0.05, 0) is 38.4 Å². The Hall–Kier alpha value is -1.09. The number of nitrogens with two attached hydrogens (primary N) is 1. The summed E-state index contributed by atoms with van der Waals surface area (Å²) in [5, 5.41) is 0. The van der Waals surface area contributed by atoms with Crippen molar-refractivity contribution in [1.82, 2.24) is 4.98 Å². The molecule has 0 saturated carbocycles. The van der Waals surface area contributed by atoms with E-state index in [1.165, 1.54) is 11.3 Å². The Balaban J connectivity index is 2.73. The third kappa shape index (κ3) is 2.70. The molecule has 1 aromatic rings. The van der Waals surface area contributed by atoms with Gasteiger partial charge in [0.2, 0.25) is 0 Å². The first-order chi connectivity index (χ1) is 6.79. The number of aromatic nitrogens is 1. The fourth-order valence-corrected chi connectivity index (χ4v) is 1.55. The molecular weight excluding hydrogens is 174 g/mol. The lowest BCUT2D eigenvalue weighted by molar-refractivity contribution is 0.752. The van der Waals surface area contributed by atoms with Gasteiger partial charge in [-0.1, -0.05) is 0 Å². The van der Waals surface area contributed by atoms with E-state index in [9.17, 15) is 0 Å². The first-order valence-electron chi connectivity index (χ1n) is 5.15. The van der Waals surface area contributed by atoms with Gasteiger partial charge in [-0.2, -0.15) is 0 Å². The van der Waals surface area contributed by atoms with Gasteiger partial charge in [-0.15, -0.1) is 0 Å². The van der Waals surface area contributed by atoms with Crippen molar-refractivity contribution in [2.75, 3.05) is 24.5 Å². The van der Waals surface area contributed by atoms with Gasteiger partial charge in [0.05, 0.1) is 0 Å². The molecule has 3 heteroatoms. The van der Waals surface area contributed by atoms with E-state index in [0.29, 0.717) is 0 Å². The van der Waals surface area contributed by atoms with Crippen LogP contribution in [0.1, 0.15) is 18.9 Å². The van der Waals surface area contributed by atoms with Crippen LogP contribution in [0.3, 0.4) is 0 Å². The van der Waals surface area contributed by atoms with Crippen LogP contribution in [0, 0.1) is 6.92 Å². The van der Waals surface area contributed by atoms with Gasteiger partial charge in [0.15, 0.2) is 0 Å². The monoisotopic (exact) mass is 193 g/mol. The molecular formula is C11H19N3. The molecule has 0 aliphatic carbocycles. The molecule has 0 atom stereocenters. The minimum Gasteiger partial charge on any atom is -0.371 e. The largest absolute Gasteiger partial charge is 0.371 e. The van der Waals surface area contributed by atoms with Gasteiger partial charge < -0.3 is 10.6 Å². The Kier molecular flexibility index (Phi) is 4.40. The lowest BCUT2D eigenvalue weighted by Gasteiger charge is -2.24. The van der Waals surface area contributed by atoms with Gasteiger partial charge >= 0.3 is 0 Å². The number of aryl methyl sites for hydroxylation is 1. The number of anilines is 1. The highest BCUT2D eigenvalue weighted by atomic mass is 15.1. The van der Waals surface area contributed by atoms with Crippen LogP contribution in [0.5, 0.6) is 0 Å².